The van der Waals surface area contributed by atoms with Gasteiger partial charge in [0.05, 0.1) is 0 Å². The Morgan fingerprint density at radius 1 is 0.370 bits per heavy atom. The number of para-hydroxylation sites is 8. The zero-order valence-electron chi connectivity index (χ0n) is 59.8. The third-order valence-corrected chi connectivity index (χ3v) is 19.1. The predicted octanol–water partition coefficient (Wildman–Crippen LogP) is 22.1. The van der Waals surface area contributed by atoms with Crippen LogP contribution in [0.4, 0.5) is 28.4 Å². The molecule has 5 heterocycles. The summed E-state index contributed by atoms with van der Waals surface area (Å²) in [6.07, 6.45) is 17.9. The number of fused-ring (bicyclic) bond motifs is 5. The molecular formula is C90H103N5O5. The monoisotopic (exact) mass is 1330 g/mol. The average molecular weight is 1330 g/mol. The van der Waals surface area contributed by atoms with Gasteiger partial charge in [-0.25, -0.2) is 0 Å². The van der Waals surface area contributed by atoms with Gasteiger partial charge in [0.1, 0.15) is 28.7 Å². The van der Waals surface area contributed by atoms with Gasteiger partial charge in [0.2, 0.25) is 0 Å². The molecule has 0 saturated heterocycles. The number of aryl methyl sites for hydroxylation is 3. The zero-order chi connectivity index (χ0) is 69.1. The van der Waals surface area contributed by atoms with Crippen molar-refractivity contribution in [3.05, 3.63) is 311 Å². The van der Waals surface area contributed by atoms with Crippen LogP contribution in [0.5, 0.6) is 28.7 Å². The van der Waals surface area contributed by atoms with Crippen LogP contribution in [0.3, 0.4) is 0 Å². The minimum Gasteiger partial charge on any atom is -0.473 e. The van der Waals surface area contributed by atoms with E-state index in [1.54, 1.807) is 0 Å². The molecule has 0 unspecified atom stereocenters. The van der Waals surface area contributed by atoms with E-state index in [4.69, 9.17) is 23.7 Å². The number of rotatable bonds is 19. The highest BCUT2D eigenvalue weighted by atomic mass is 16.5. The molecule has 0 saturated carbocycles. The van der Waals surface area contributed by atoms with E-state index < -0.39 is 0 Å². The minimum atomic E-state index is 0.522. The lowest BCUT2D eigenvalue weighted by Crippen LogP contribution is -2.32. The van der Waals surface area contributed by atoms with Crippen molar-refractivity contribution in [3.8, 4) is 28.7 Å². The second-order valence-corrected chi connectivity index (χ2v) is 27.0. The van der Waals surface area contributed by atoms with Gasteiger partial charge in [-0.05, 0) is 134 Å². The summed E-state index contributed by atoms with van der Waals surface area (Å²) in [6, 6.07) is 84.4. The van der Waals surface area contributed by atoms with Gasteiger partial charge in [0, 0.05) is 89.0 Å². The van der Waals surface area contributed by atoms with Crippen molar-refractivity contribution < 1.29 is 23.7 Å². The number of unbranched alkanes of at least 4 members (excludes halogenated alkanes) is 9. The summed E-state index contributed by atoms with van der Waals surface area (Å²) in [7, 11) is 0. The topological polar surface area (TPSA) is 62.3 Å². The van der Waals surface area contributed by atoms with Gasteiger partial charge in [0.15, 0.2) is 33.7 Å². The van der Waals surface area contributed by atoms with Crippen molar-refractivity contribution in [2.45, 2.75) is 150 Å². The first-order chi connectivity index (χ1) is 49.2. The van der Waals surface area contributed by atoms with Crippen LogP contribution in [0.25, 0.3) is 0 Å². The van der Waals surface area contributed by atoms with Gasteiger partial charge in [-0.2, -0.15) is 0 Å². The van der Waals surface area contributed by atoms with Gasteiger partial charge in [0.25, 0.3) is 0 Å². The first-order valence-electron chi connectivity index (χ1n) is 36.4. The van der Waals surface area contributed by atoms with Gasteiger partial charge in [-0.3, -0.25) is 0 Å². The van der Waals surface area contributed by atoms with Crippen molar-refractivity contribution in [1.29, 1.82) is 0 Å². The molecule has 5 aliphatic heterocycles. The number of ether oxygens (including phenoxy) is 5. The smallest absolute Gasteiger partial charge is 0.161 e. The molecular weight excluding hydrogens is 1230 g/mol. The quantitative estimate of drug-likeness (QED) is 0.0578. The van der Waals surface area contributed by atoms with Crippen LogP contribution in [0.2, 0.25) is 0 Å². The molecule has 0 atom stereocenters. The van der Waals surface area contributed by atoms with Crippen molar-refractivity contribution in [2.24, 2.45) is 0 Å². The summed E-state index contributed by atoms with van der Waals surface area (Å²) in [4.78, 5) is 11.3. The predicted molar refractivity (Wildman–Crippen MR) is 416 cm³/mol. The molecule has 15 rings (SSSR count). The lowest BCUT2D eigenvalue weighted by atomic mass is 10.00. The molecule has 0 amide bonds. The summed E-state index contributed by atoms with van der Waals surface area (Å²) in [5, 5.41) is 0. The largest absolute Gasteiger partial charge is 0.473 e. The third-order valence-electron chi connectivity index (χ3n) is 19.1. The second kappa shape index (κ2) is 37.2. The standard InChI is InChI=1S/C26H37NO.C17H19NO.C17H17NO.2C15H15NO/c1-2-3-4-5-6-7-8-9-10-12-15-23-18-19-26-24(20-23)21-27(22-28-26)25-16-13-11-14-17-25;1-13(2)15-8-4-5-9-16(15)18-11-14-7-3-6-10-17(14)19-12-18;1-2-7-14-8-6-9-15-12-18(13-19-17(14)15)16-10-4-3-5-11-16;1-12-6-2-4-8-14(12)16-10-13-7-3-5-9-15(13)17-11-16;1-12-6-8-14(9-7-12)16-10-13-4-2-3-5-15(13)17-11-16/h11,13-14,16-20H,2-10,12,15,21-22H2,1H3;3-10,13H,11-12H2,1-2H3;2-6,8-11H,1,7,12-13H2;2*2-9H,10-11H2,1H3. The van der Waals surface area contributed by atoms with Crippen LogP contribution in [0, 0.1) is 13.8 Å². The van der Waals surface area contributed by atoms with E-state index in [0.29, 0.717) is 39.6 Å². The summed E-state index contributed by atoms with van der Waals surface area (Å²) in [5.41, 5.74) is 19.1. The first kappa shape index (κ1) is 71.2. The maximum atomic E-state index is 5.98. The number of benzene rings is 10. The Hall–Kier alpha value is -10.1. The minimum absolute atomic E-state index is 0.522. The molecule has 518 valence electrons. The Morgan fingerprint density at radius 2 is 0.790 bits per heavy atom. The van der Waals surface area contributed by atoms with Crippen LogP contribution >= 0.6 is 0 Å². The van der Waals surface area contributed by atoms with Crippen LogP contribution in [-0.2, 0) is 45.6 Å². The Morgan fingerprint density at radius 3 is 1.34 bits per heavy atom. The fourth-order valence-electron chi connectivity index (χ4n) is 13.5. The summed E-state index contributed by atoms with van der Waals surface area (Å²) < 4.78 is 29.3. The molecule has 10 aromatic carbocycles. The molecule has 10 aromatic rings. The number of hydrogen-bond acceptors (Lipinski definition) is 10. The number of anilines is 5. The highest BCUT2D eigenvalue weighted by molar-refractivity contribution is 5.59. The summed E-state index contributed by atoms with van der Waals surface area (Å²) >= 11 is 0. The second-order valence-electron chi connectivity index (χ2n) is 27.0. The van der Waals surface area contributed by atoms with Crippen LogP contribution in [0.15, 0.2) is 255 Å². The number of hydrogen-bond donors (Lipinski definition) is 0. The molecule has 0 N–H and O–H groups in total. The first-order valence-corrected chi connectivity index (χ1v) is 36.4. The third kappa shape index (κ3) is 20.1. The lowest BCUT2D eigenvalue weighted by molar-refractivity contribution is 0.287. The Bertz CT molecular complexity index is 4120. The molecule has 0 aliphatic carbocycles. The van der Waals surface area contributed by atoms with Crippen LogP contribution in [0.1, 0.15) is 147 Å². The highest BCUT2D eigenvalue weighted by Gasteiger charge is 2.24. The van der Waals surface area contributed by atoms with Crippen LogP contribution < -0.4 is 48.2 Å². The Balaban J connectivity index is 0.000000128. The summed E-state index contributed by atoms with van der Waals surface area (Å²) in [6.45, 7) is 22.5. The fourth-order valence-corrected chi connectivity index (χ4v) is 13.5. The molecule has 0 radical (unpaired) electrons. The number of nitrogens with zero attached hydrogens (tertiary/aromatic N) is 5. The van der Waals surface area contributed by atoms with E-state index in [2.05, 4.69) is 266 Å². The molecule has 10 heteroatoms. The summed E-state index contributed by atoms with van der Waals surface area (Å²) in [5.74, 6) is 5.65. The molecule has 0 bridgehead atoms. The Labute approximate surface area is 597 Å². The molecule has 0 fully saturated rings. The molecule has 0 spiro atoms. The van der Waals surface area contributed by atoms with E-state index in [9.17, 15) is 0 Å². The highest BCUT2D eigenvalue weighted by Crippen LogP contribution is 2.36. The van der Waals surface area contributed by atoms with E-state index in [1.807, 2.05) is 48.5 Å². The van der Waals surface area contributed by atoms with Gasteiger partial charge in [-0.1, -0.05) is 260 Å². The van der Waals surface area contributed by atoms with E-state index in [-0.39, 0.29) is 0 Å². The van der Waals surface area contributed by atoms with E-state index >= 15 is 0 Å². The van der Waals surface area contributed by atoms with Crippen molar-refractivity contribution in [1.82, 2.24) is 0 Å². The molecule has 0 aromatic heterocycles. The zero-order valence-corrected chi connectivity index (χ0v) is 59.8. The van der Waals surface area contributed by atoms with Gasteiger partial charge >= 0.3 is 0 Å². The molecule has 5 aliphatic rings. The average Bonchev–Trinajstić information content (AvgIpc) is 0.923. The van der Waals surface area contributed by atoms with E-state index in [1.165, 1.54) is 155 Å². The molecule has 100 heavy (non-hydrogen) atoms. The van der Waals surface area contributed by atoms with Gasteiger partial charge in [-0.15, -0.1) is 6.58 Å². The SMILES string of the molecule is C=CCc1cccc2c1OCN(c1ccccc1)C2.CC(C)c1ccccc1N1COc2ccccc2C1.CCCCCCCCCCCCc1ccc2c(c1)CN(c1ccccc1)CO2.Cc1ccc(N2COc3ccccc3C2)cc1.Cc1ccccc1N1COc2ccccc2C1. The lowest BCUT2D eigenvalue weighted by Gasteiger charge is -2.32. The molecule has 10 nitrogen and oxygen atoms in total. The van der Waals surface area contributed by atoms with Crippen molar-refractivity contribution in [3.63, 3.8) is 0 Å². The maximum absolute atomic E-state index is 5.98. The van der Waals surface area contributed by atoms with E-state index in [0.717, 1.165) is 67.9 Å². The fraction of sp³-hybridized carbons (Fsp3) is 0.311. The van der Waals surface area contributed by atoms with Crippen molar-refractivity contribution in [2.75, 3.05) is 58.2 Å². The van der Waals surface area contributed by atoms with Crippen molar-refractivity contribution >= 4 is 28.4 Å². The maximum Gasteiger partial charge on any atom is 0.161 e. The van der Waals surface area contributed by atoms with Crippen LogP contribution in [-0.4, -0.2) is 33.7 Å². The van der Waals surface area contributed by atoms with Gasteiger partial charge < -0.3 is 48.2 Å². The number of allylic oxidation sites excluding steroid dienone is 1. The normalized spacial score (nSPS) is 13.8. The Kier molecular flexibility index (Phi) is 26.5.